The van der Waals surface area contributed by atoms with Gasteiger partial charge in [0.1, 0.15) is 5.78 Å². The van der Waals surface area contributed by atoms with E-state index in [4.69, 9.17) is 19.8 Å². The molecule has 0 radical (unpaired) electrons. The molecule has 30 heavy (non-hydrogen) atoms. The average molecular weight is 427 g/mol. The summed E-state index contributed by atoms with van der Waals surface area (Å²) in [6.07, 6.45) is 8.87. The summed E-state index contributed by atoms with van der Waals surface area (Å²) in [5.74, 6) is 1.07. The fourth-order valence-electron chi connectivity index (χ4n) is 7.11. The van der Waals surface area contributed by atoms with E-state index in [0.717, 1.165) is 65.2 Å². The van der Waals surface area contributed by atoms with Crippen LogP contribution in [0.25, 0.3) is 0 Å². The van der Waals surface area contributed by atoms with Crippen molar-refractivity contribution in [2.24, 2.45) is 34.5 Å². The molecular weight excluding hydrogens is 388 g/mol. The maximum Gasteiger partial charge on any atom is 0.300 e. The molecule has 4 N–H and O–H groups in total. The summed E-state index contributed by atoms with van der Waals surface area (Å²) < 4.78 is 0. The Kier molecular flexibility index (Phi) is 8.08. The number of aliphatic carboxylic acids is 2. The number of hydrogen-bond acceptors (Lipinski definition) is 5. The van der Waals surface area contributed by atoms with Crippen LogP contribution in [0.5, 0.6) is 0 Å². The Morgan fingerprint density at radius 2 is 1.57 bits per heavy atom. The third-order valence-electron chi connectivity index (χ3n) is 8.34. The Hall–Kier alpha value is -1.47. The molecule has 4 saturated carbocycles. The number of Topliss-reactive ketones (excluding diaryl/α,β-unsaturated/α-hetero) is 1. The van der Waals surface area contributed by atoms with Crippen LogP contribution in [-0.4, -0.2) is 50.9 Å². The minimum absolute atomic E-state index is 0.0368. The van der Waals surface area contributed by atoms with Gasteiger partial charge in [0.15, 0.2) is 0 Å². The van der Waals surface area contributed by atoms with Crippen molar-refractivity contribution in [2.45, 2.75) is 84.7 Å². The van der Waals surface area contributed by atoms with Gasteiger partial charge in [-0.2, -0.15) is 0 Å². The van der Waals surface area contributed by atoms with Crippen molar-refractivity contribution >= 4 is 17.7 Å². The van der Waals surface area contributed by atoms with E-state index in [1.165, 1.54) is 6.42 Å². The number of aliphatic hydroxyl groups is 2. The Balaban J connectivity index is 0.000000347. The van der Waals surface area contributed by atoms with Crippen molar-refractivity contribution < 1.29 is 34.8 Å². The predicted octanol–water partition coefficient (Wildman–Crippen LogP) is 3.11. The van der Waals surface area contributed by atoms with E-state index in [9.17, 15) is 15.0 Å². The number of carboxylic acid groups (broad SMARTS) is 2. The lowest BCUT2D eigenvalue weighted by atomic mass is 9.45. The van der Waals surface area contributed by atoms with Gasteiger partial charge in [-0.25, -0.2) is 0 Å². The van der Waals surface area contributed by atoms with E-state index in [1.54, 1.807) is 0 Å². The molecule has 4 rings (SSSR count). The summed E-state index contributed by atoms with van der Waals surface area (Å²) in [4.78, 5) is 30.4. The lowest BCUT2D eigenvalue weighted by Gasteiger charge is -2.60. The second-order valence-corrected chi connectivity index (χ2v) is 9.93. The molecule has 4 aliphatic carbocycles. The van der Waals surface area contributed by atoms with Crippen molar-refractivity contribution in [2.75, 3.05) is 6.61 Å². The smallest absolute Gasteiger partial charge is 0.300 e. The zero-order valence-corrected chi connectivity index (χ0v) is 18.5. The van der Waals surface area contributed by atoms with Gasteiger partial charge in [-0.15, -0.1) is 0 Å². The summed E-state index contributed by atoms with van der Waals surface area (Å²) in [6.45, 7) is 4.66. The Morgan fingerprint density at radius 3 is 2.13 bits per heavy atom. The third kappa shape index (κ3) is 4.88. The topological polar surface area (TPSA) is 132 Å². The van der Waals surface area contributed by atoms with Crippen molar-refractivity contribution in [1.29, 1.82) is 0 Å². The monoisotopic (exact) mass is 426 g/mol. The molecule has 172 valence electrons. The van der Waals surface area contributed by atoms with Crippen LogP contribution in [0.15, 0.2) is 0 Å². The van der Waals surface area contributed by atoms with Gasteiger partial charge in [-0.3, -0.25) is 14.4 Å². The Labute approximate surface area is 178 Å². The SMILES string of the molecule is CC(=O)O.CC(=O)O.C[C@]12CC[C@H]3[C@@H](CC[C@H]4C[C@@H](O)CC[C@@]43CO)[C@@H]1CCC2=O. The predicted molar refractivity (Wildman–Crippen MR) is 111 cm³/mol. The van der Waals surface area contributed by atoms with Crippen molar-refractivity contribution in [3.63, 3.8) is 0 Å². The zero-order valence-electron chi connectivity index (χ0n) is 18.5. The first-order chi connectivity index (χ1) is 14.0. The highest BCUT2D eigenvalue weighted by Crippen LogP contribution is 2.65. The number of rotatable bonds is 1. The molecule has 0 aromatic carbocycles. The van der Waals surface area contributed by atoms with Crippen LogP contribution in [0.1, 0.15) is 78.6 Å². The molecule has 0 saturated heterocycles. The molecule has 0 spiro atoms. The van der Waals surface area contributed by atoms with Crippen molar-refractivity contribution in [1.82, 2.24) is 0 Å². The lowest BCUT2D eigenvalue weighted by Crippen LogP contribution is -2.56. The summed E-state index contributed by atoms with van der Waals surface area (Å²) in [5, 5.41) is 35.2. The number of carbonyl (C=O) groups excluding carboxylic acids is 1. The highest BCUT2D eigenvalue weighted by molar-refractivity contribution is 5.87. The lowest BCUT2D eigenvalue weighted by molar-refractivity contribution is -0.156. The van der Waals surface area contributed by atoms with E-state index in [-0.39, 0.29) is 23.5 Å². The van der Waals surface area contributed by atoms with Gasteiger partial charge in [0.05, 0.1) is 6.10 Å². The second-order valence-electron chi connectivity index (χ2n) is 9.93. The van der Waals surface area contributed by atoms with Crippen molar-refractivity contribution in [3.05, 3.63) is 0 Å². The van der Waals surface area contributed by atoms with Crippen LogP contribution in [-0.2, 0) is 14.4 Å². The van der Waals surface area contributed by atoms with Gasteiger partial charge in [0.25, 0.3) is 11.9 Å². The van der Waals surface area contributed by atoms with Gasteiger partial charge in [0.2, 0.25) is 0 Å². The van der Waals surface area contributed by atoms with E-state index in [0.29, 0.717) is 29.5 Å². The van der Waals surface area contributed by atoms with Crippen LogP contribution in [0, 0.1) is 34.5 Å². The largest absolute Gasteiger partial charge is 0.481 e. The van der Waals surface area contributed by atoms with Crippen LogP contribution in [0.4, 0.5) is 0 Å². The zero-order chi connectivity index (χ0) is 22.7. The fraction of sp³-hybridized carbons (Fsp3) is 0.870. The van der Waals surface area contributed by atoms with Crippen LogP contribution >= 0.6 is 0 Å². The minimum Gasteiger partial charge on any atom is -0.481 e. The molecule has 7 atom stereocenters. The number of carbonyl (C=O) groups is 3. The van der Waals surface area contributed by atoms with Crippen LogP contribution < -0.4 is 0 Å². The molecule has 4 fully saturated rings. The van der Waals surface area contributed by atoms with Gasteiger partial charge in [0, 0.05) is 32.3 Å². The maximum absolute atomic E-state index is 12.4. The molecular formula is C23H38O7. The first-order valence-corrected chi connectivity index (χ1v) is 11.2. The molecule has 0 bridgehead atoms. The summed E-state index contributed by atoms with van der Waals surface area (Å²) in [6, 6.07) is 0. The van der Waals surface area contributed by atoms with Gasteiger partial charge < -0.3 is 20.4 Å². The number of aliphatic hydroxyl groups excluding tert-OH is 2. The Morgan fingerprint density at radius 1 is 0.967 bits per heavy atom. The molecule has 7 heteroatoms. The van der Waals surface area contributed by atoms with Gasteiger partial charge in [-0.05, 0) is 80.5 Å². The van der Waals surface area contributed by atoms with E-state index in [2.05, 4.69) is 6.92 Å². The van der Waals surface area contributed by atoms with E-state index in [1.807, 2.05) is 0 Å². The molecule has 0 aromatic heterocycles. The standard InChI is InChI=1S/C19H30O3.2C2H4O2/c1-18-8-7-16-14(15(18)4-5-17(18)22)3-2-12-10-13(21)6-9-19(12,16)11-20;2*1-2(3)4/h12-16,20-21H,2-11H2,1H3;2*1H3,(H,3,4)/t12-,13-,14-,15-,16-,18-,19+;;/m0../s1. The Bertz CT molecular complexity index is 627. The third-order valence-corrected chi connectivity index (χ3v) is 8.34. The van der Waals surface area contributed by atoms with Gasteiger partial charge >= 0.3 is 0 Å². The number of fused-ring (bicyclic) bond motifs is 5. The minimum atomic E-state index is -0.833. The highest BCUT2D eigenvalue weighted by Gasteiger charge is 2.61. The molecule has 0 unspecified atom stereocenters. The second kappa shape index (κ2) is 9.77. The summed E-state index contributed by atoms with van der Waals surface area (Å²) in [5.41, 5.74) is -0.0338. The van der Waals surface area contributed by atoms with Crippen LogP contribution in [0.2, 0.25) is 0 Å². The van der Waals surface area contributed by atoms with E-state index >= 15 is 0 Å². The highest BCUT2D eigenvalue weighted by atomic mass is 16.4. The molecule has 0 heterocycles. The molecule has 0 amide bonds. The number of carboxylic acids is 2. The van der Waals surface area contributed by atoms with Crippen molar-refractivity contribution in [3.8, 4) is 0 Å². The average Bonchev–Trinajstić information content (AvgIpc) is 2.95. The quantitative estimate of drug-likeness (QED) is 0.506. The van der Waals surface area contributed by atoms with Gasteiger partial charge in [-0.1, -0.05) is 6.92 Å². The summed E-state index contributed by atoms with van der Waals surface area (Å²) in [7, 11) is 0. The van der Waals surface area contributed by atoms with E-state index < -0.39 is 11.9 Å². The molecule has 4 aliphatic rings. The number of hydrogen-bond donors (Lipinski definition) is 4. The first kappa shape index (κ1) is 24.8. The first-order valence-electron chi connectivity index (χ1n) is 11.2. The fourth-order valence-corrected chi connectivity index (χ4v) is 7.11. The molecule has 0 aliphatic heterocycles. The maximum atomic E-state index is 12.4. The number of ketones is 1. The molecule has 0 aromatic rings. The summed E-state index contributed by atoms with van der Waals surface area (Å²) >= 11 is 0. The van der Waals surface area contributed by atoms with Crippen LogP contribution in [0.3, 0.4) is 0 Å². The molecule has 7 nitrogen and oxygen atoms in total. The normalized spacial score (nSPS) is 41.6.